The number of nitrogens with zero attached hydrogens (tertiary/aromatic N) is 2. The molecule has 0 spiro atoms. The molecule has 0 aliphatic rings. The van der Waals surface area contributed by atoms with Gasteiger partial charge < -0.3 is 4.98 Å². The van der Waals surface area contributed by atoms with E-state index in [-0.39, 0.29) is 0 Å². The fraction of sp³-hybridized carbons (Fsp3) is 0.286. The van der Waals surface area contributed by atoms with E-state index in [1.807, 2.05) is 30.6 Å². The molecule has 1 N–H and O–H groups in total. The van der Waals surface area contributed by atoms with Crippen LogP contribution in [-0.4, -0.2) is 14.6 Å². The summed E-state index contributed by atoms with van der Waals surface area (Å²) in [5, 5.41) is 4.22. The minimum atomic E-state index is 1.05. The van der Waals surface area contributed by atoms with Gasteiger partial charge in [0.1, 0.15) is 5.65 Å². The Balaban J connectivity index is 2.83. The number of aromatic amines is 1. The SMILES string of the molecule is Cc1cc2[nH]c(C)cn2n1. The van der Waals surface area contributed by atoms with Crippen LogP contribution in [0.5, 0.6) is 0 Å². The Hall–Kier alpha value is -1.25. The van der Waals surface area contributed by atoms with Crippen molar-refractivity contribution in [2.75, 3.05) is 0 Å². The molecule has 2 heterocycles. The Kier molecular flexibility index (Phi) is 0.897. The van der Waals surface area contributed by atoms with Crippen molar-refractivity contribution in [1.29, 1.82) is 0 Å². The van der Waals surface area contributed by atoms with Gasteiger partial charge in [0, 0.05) is 18.0 Å². The highest BCUT2D eigenvalue weighted by Gasteiger charge is 1.97. The van der Waals surface area contributed by atoms with E-state index in [0.29, 0.717) is 0 Å². The van der Waals surface area contributed by atoms with Crippen molar-refractivity contribution in [2.45, 2.75) is 13.8 Å². The van der Waals surface area contributed by atoms with Crippen LogP contribution in [0.15, 0.2) is 12.3 Å². The first kappa shape index (κ1) is 5.53. The van der Waals surface area contributed by atoms with Gasteiger partial charge in [0.05, 0.1) is 5.69 Å². The molecule has 0 saturated heterocycles. The van der Waals surface area contributed by atoms with Crippen LogP contribution < -0.4 is 0 Å². The second-order valence-corrected chi connectivity index (χ2v) is 2.55. The average Bonchev–Trinajstić information content (AvgIpc) is 2.21. The van der Waals surface area contributed by atoms with Crippen LogP contribution in [0.2, 0.25) is 0 Å². The van der Waals surface area contributed by atoms with Crippen molar-refractivity contribution in [1.82, 2.24) is 14.6 Å². The van der Waals surface area contributed by atoms with E-state index in [9.17, 15) is 0 Å². The highest BCUT2D eigenvalue weighted by atomic mass is 15.3. The number of aryl methyl sites for hydroxylation is 2. The van der Waals surface area contributed by atoms with Crippen LogP contribution in [-0.2, 0) is 0 Å². The summed E-state index contributed by atoms with van der Waals surface area (Å²) in [6.07, 6.45) is 1.97. The maximum Gasteiger partial charge on any atom is 0.133 e. The molecule has 3 nitrogen and oxygen atoms in total. The second-order valence-electron chi connectivity index (χ2n) is 2.55. The van der Waals surface area contributed by atoms with E-state index in [1.54, 1.807) is 0 Å². The van der Waals surface area contributed by atoms with Crippen LogP contribution in [0.4, 0.5) is 0 Å². The lowest BCUT2D eigenvalue weighted by molar-refractivity contribution is 0.942. The van der Waals surface area contributed by atoms with Gasteiger partial charge in [-0.05, 0) is 13.8 Å². The number of nitrogens with one attached hydrogen (secondary N) is 1. The standard InChI is InChI=1S/C7H9N3/c1-5-3-7-8-6(2)4-10(7)9-5/h3-4,8H,1-2H3. The van der Waals surface area contributed by atoms with Gasteiger partial charge in [-0.2, -0.15) is 5.10 Å². The van der Waals surface area contributed by atoms with Crippen LogP contribution in [0.3, 0.4) is 0 Å². The third-order valence-corrected chi connectivity index (χ3v) is 1.50. The predicted octanol–water partition coefficient (Wildman–Crippen LogP) is 1.28. The van der Waals surface area contributed by atoms with E-state index in [0.717, 1.165) is 17.0 Å². The summed E-state index contributed by atoms with van der Waals surface area (Å²) in [6.45, 7) is 4.00. The van der Waals surface area contributed by atoms with Gasteiger partial charge in [-0.3, -0.25) is 0 Å². The van der Waals surface area contributed by atoms with Gasteiger partial charge >= 0.3 is 0 Å². The lowest BCUT2D eigenvalue weighted by Crippen LogP contribution is -1.79. The molecule has 0 unspecified atom stereocenters. The van der Waals surface area contributed by atoms with Crippen molar-refractivity contribution in [2.24, 2.45) is 0 Å². The van der Waals surface area contributed by atoms with Gasteiger partial charge in [-0.25, -0.2) is 4.52 Å². The summed E-state index contributed by atoms with van der Waals surface area (Å²) in [5.74, 6) is 0. The van der Waals surface area contributed by atoms with Crippen molar-refractivity contribution in [3.8, 4) is 0 Å². The molecule has 0 fully saturated rings. The molecule has 0 aliphatic carbocycles. The zero-order valence-electron chi connectivity index (χ0n) is 6.05. The molecule has 52 valence electrons. The normalized spacial score (nSPS) is 11.0. The minimum Gasteiger partial charge on any atom is -0.343 e. The van der Waals surface area contributed by atoms with Gasteiger partial charge in [0.25, 0.3) is 0 Å². The number of H-pyrrole nitrogens is 1. The van der Waals surface area contributed by atoms with E-state index in [4.69, 9.17) is 0 Å². The molecule has 2 aromatic rings. The highest BCUT2D eigenvalue weighted by Crippen LogP contribution is 2.04. The molecule has 2 rings (SSSR count). The zero-order valence-corrected chi connectivity index (χ0v) is 6.05. The number of hydrogen-bond acceptors (Lipinski definition) is 1. The highest BCUT2D eigenvalue weighted by molar-refractivity contribution is 5.40. The maximum absolute atomic E-state index is 4.22. The van der Waals surface area contributed by atoms with E-state index < -0.39 is 0 Å². The third-order valence-electron chi connectivity index (χ3n) is 1.50. The maximum atomic E-state index is 4.22. The summed E-state index contributed by atoms with van der Waals surface area (Å²) >= 11 is 0. The Morgan fingerprint density at radius 3 is 3.00 bits per heavy atom. The van der Waals surface area contributed by atoms with Crippen molar-refractivity contribution < 1.29 is 0 Å². The van der Waals surface area contributed by atoms with Crippen LogP contribution >= 0.6 is 0 Å². The van der Waals surface area contributed by atoms with Crippen molar-refractivity contribution in [3.05, 3.63) is 23.7 Å². The summed E-state index contributed by atoms with van der Waals surface area (Å²) in [5.41, 5.74) is 3.25. The number of hydrogen-bond donors (Lipinski definition) is 1. The number of imidazole rings is 1. The Morgan fingerprint density at radius 2 is 2.30 bits per heavy atom. The molecule has 0 atom stereocenters. The molecular weight excluding hydrogens is 126 g/mol. The Morgan fingerprint density at radius 1 is 1.50 bits per heavy atom. The molecular formula is C7H9N3. The molecule has 3 heteroatoms. The quantitative estimate of drug-likeness (QED) is 0.580. The van der Waals surface area contributed by atoms with Gasteiger partial charge in [0.15, 0.2) is 0 Å². The first-order valence-electron chi connectivity index (χ1n) is 3.27. The number of aromatic nitrogens is 3. The smallest absolute Gasteiger partial charge is 0.133 e. The van der Waals surface area contributed by atoms with Crippen LogP contribution in [0.1, 0.15) is 11.4 Å². The fourth-order valence-corrected chi connectivity index (χ4v) is 1.13. The first-order valence-corrected chi connectivity index (χ1v) is 3.27. The lowest BCUT2D eigenvalue weighted by Gasteiger charge is -1.76. The molecule has 0 aliphatic heterocycles. The topological polar surface area (TPSA) is 33.1 Å². The van der Waals surface area contributed by atoms with E-state index >= 15 is 0 Å². The number of rotatable bonds is 0. The zero-order chi connectivity index (χ0) is 7.14. The summed E-state index contributed by atoms with van der Waals surface area (Å²) in [4.78, 5) is 3.18. The average molecular weight is 135 g/mol. The molecule has 10 heavy (non-hydrogen) atoms. The molecule has 0 bridgehead atoms. The first-order chi connectivity index (χ1) is 4.75. The van der Waals surface area contributed by atoms with Gasteiger partial charge in [-0.1, -0.05) is 0 Å². The Bertz CT molecular complexity index is 293. The molecule has 0 amide bonds. The largest absolute Gasteiger partial charge is 0.343 e. The third kappa shape index (κ3) is 0.635. The second kappa shape index (κ2) is 1.62. The molecule has 0 radical (unpaired) electrons. The number of fused-ring (bicyclic) bond motifs is 1. The van der Waals surface area contributed by atoms with Crippen LogP contribution in [0, 0.1) is 13.8 Å². The van der Waals surface area contributed by atoms with Gasteiger partial charge in [0.2, 0.25) is 0 Å². The summed E-state index contributed by atoms with van der Waals surface area (Å²) in [6, 6.07) is 2.02. The predicted molar refractivity (Wildman–Crippen MR) is 39.0 cm³/mol. The fourth-order valence-electron chi connectivity index (χ4n) is 1.13. The summed E-state index contributed by atoms with van der Waals surface area (Å²) in [7, 11) is 0. The van der Waals surface area contributed by atoms with Crippen LogP contribution in [0.25, 0.3) is 5.65 Å². The minimum absolute atomic E-state index is 1.05. The lowest BCUT2D eigenvalue weighted by atomic mass is 10.5. The van der Waals surface area contributed by atoms with E-state index in [1.165, 1.54) is 0 Å². The molecule has 2 aromatic heterocycles. The summed E-state index contributed by atoms with van der Waals surface area (Å²) < 4.78 is 1.85. The molecule has 0 aromatic carbocycles. The van der Waals surface area contributed by atoms with Crippen molar-refractivity contribution in [3.63, 3.8) is 0 Å². The van der Waals surface area contributed by atoms with E-state index in [2.05, 4.69) is 10.1 Å². The van der Waals surface area contributed by atoms with Crippen molar-refractivity contribution >= 4 is 5.65 Å². The Labute approximate surface area is 58.7 Å². The van der Waals surface area contributed by atoms with Gasteiger partial charge in [-0.15, -0.1) is 0 Å². The molecule has 0 saturated carbocycles. The monoisotopic (exact) mass is 135 g/mol.